The van der Waals surface area contributed by atoms with E-state index in [0.717, 1.165) is 35.6 Å². The molecule has 0 saturated carbocycles. The summed E-state index contributed by atoms with van der Waals surface area (Å²) in [7, 11) is 1.75. The Hall–Kier alpha value is -3.63. The van der Waals surface area contributed by atoms with E-state index in [9.17, 15) is 14.4 Å². The number of urea groups is 1. The van der Waals surface area contributed by atoms with Crippen molar-refractivity contribution in [3.05, 3.63) is 93.5 Å². The molecule has 1 saturated heterocycles. The van der Waals surface area contributed by atoms with Crippen molar-refractivity contribution >= 4 is 52.5 Å². The Balaban J connectivity index is 1.30. The lowest BCUT2D eigenvalue weighted by Crippen LogP contribution is -2.45. The molecule has 42 heavy (non-hydrogen) atoms. The van der Waals surface area contributed by atoms with E-state index in [-0.39, 0.29) is 34.7 Å². The van der Waals surface area contributed by atoms with Gasteiger partial charge in [0.2, 0.25) is 0 Å². The van der Waals surface area contributed by atoms with E-state index in [1.807, 2.05) is 48.5 Å². The number of morpholine rings is 1. The van der Waals surface area contributed by atoms with Crippen LogP contribution in [0.3, 0.4) is 0 Å². The maximum atomic E-state index is 13.2. The van der Waals surface area contributed by atoms with E-state index < -0.39 is 17.9 Å². The number of amides is 3. The summed E-state index contributed by atoms with van der Waals surface area (Å²) in [6, 6.07) is 18.8. The molecule has 1 N–H and O–H groups in total. The largest absolute Gasteiger partial charge is 0.463 e. The molecule has 0 radical (unpaired) electrons. The molecule has 0 bridgehead atoms. The molecule has 3 aromatic carbocycles. The van der Waals surface area contributed by atoms with Gasteiger partial charge in [0.15, 0.2) is 0 Å². The first kappa shape index (κ1) is 29.8. The van der Waals surface area contributed by atoms with Gasteiger partial charge in [-0.15, -0.1) is 0 Å². The van der Waals surface area contributed by atoms with Crippen LogP contribution in [0.2, 0.25) is 10.0 Å². The minimum Gasteiger partial charge on any atom is -0.463 e. The number of halogens is 2. The number of ether oxygens (including phenoxy) is 2. The first-order chi connectivity index (χ1) is 20.3. The van der Waals surface area contributed by atoms with E-state index >= 15 is 0 Å². The molecule has 9 nitrogen and oxygen atoms in total. The molecule has 1 fully saturated rings. The second-order valence-electron chi connectivity index (χ2n) is 10.2. The molecule has 0 aliphatic carbocycles. The Kier molecular flexibility index (Phi) is 9.64. The third-order valence-corrected chi connectivity index (χ3v) is 8.05. The quantitative estimate of drug-likeness (QED) is 0.350. The number of carbonyl (C=O) groups is 3. The van der Waals surface area contributed by atoms with Crippen LogP contribution in [-0.2, 0) is 27.2 Å². The zero-order valence-corrected chi connectivity index (χ0v) is 24.7. The number of anilines is 2. The zero-order chi connectivity index (χ0) is 29.6. The van der Waals surface area contributed by atoms with Crippen molar-refractivity contribution in [3.63, 3.8) is 0 Å². The predicted octanol–water partition coefficient (Wildman–Crippen LogP) is 4.79. The minimum absolute atomic E-state index is 0.0929. The summed E-state index contributed by atoms with van der Waals surface area (Å²) in [5.74, 6) is -1.13. The van der Waals surface area contributed by atoms with E-state index in [1.165, 1.54) is 0 Å². The maximum absolute atomic E-state index is 13.2. The number of hydrogen-bond donors (Lipinski definition) is 1. The molecular formula is C31H32Cl2N4O5. The van der Waals surface area contributed by atoms with Gasteiger partial charge in [-0.05, 0) is 41.5 Å². The third kappa shape index (κ3) is 6.87. The fourth-order valence-corrected chi connectivity index (χ4v) is 5.65. The highest BCUT2D eigenvalue weighted by molar-refractivity contribution is 6.39. The maximum Gasteiger partial charge on any atom is 0.329 e. The van der Waals surface area contributed by atoms with Crippen LogP contribution in [0.5, 0.6) is 0 Å². The minimum atomic E-state index is -0.991. The van der Waals surface area contributed by atoms with Crippen LogP contribution in [0.25, 0.3) is 0 Å². The average molecular weight is 612 g/mol. The predicted molar refractivity (Wildman–Crippen MR) is 163 cm³/mol. The van der Waals surface area contributed by atoms with Crippen LogP contribution in [0.4, 0.5) is 16.2 Å². The number of esters is 1. The van der Waals surface area contributed by atoms with E-state index in [4.69, 9.17) is 32.7 Å². The van der Waals surface area contributed by atoms with Crippen molar-refractivity contribution in [1.82, 2.24) is 10.2 Å². The average Bonchev–Trinajstić information content (AvgIpc) is 2.99. The molecule has 0 aromatic heterocycles. The molecule has 3 amide bonds. The Bertz CT molecular complexity index is 1430. The molecule has 3 aromatic rings. The molecule has 11 heteroatoms. The van der Waals surface area contributed by atoms with Gasteiger partial charge >= 0.3 is 12.0 Å². The molecule has 2 aliphatic heterocycles. The summed E-state index contributed by atoms with van der Waals surface area (Å²) in [4.78, 5) is 45.0. The van der Waals surface area contributed by atoms with Gasteiger partial charge in [-0.2, -0.15) is 0 Å². The number of fused-ring (bicyclic) bond motifs is 1. The normalized spacial score (nSPS) is 16.1. The van der Waals surface area contributed by atoms with Crippen molar-refractivity contribution in [1.29, 1.82) is 0 Å². The first-order valence-corrected chi connectivity index (χ1v) is 14.5. The Morgan fingerprint density at radius 1 is 0.976 bits per heavy atom. The number of para-hydroxylation sites is 1. The molecular weight excluding hydrogens is 579 g/mol. The highest BCUT2D eigenvalue weighted by Crippen LogP contribution is 2.31. The third-order valence-electron chi connectivity index (χ3n) is 7.42. The number of nitrogens with zero attached hydrogens (tertiary/aromatic N) is 3. The number of benzene rings is 3. The lowest BCUT2D eigenvalue weighted by Gasteiger charge is -2.35. The number of rotatable bonds is 9. The van der Waals surface area contributed by atoms with Gasteiger partial charge in [-0.25, -0.2) is 9.59 Å². The topological polar surface area (TPSA) is 91.4 Å². The number of hydrogen-bond acceptors (Lipinski definition) is 6. The van der Waals surface area contributed by atoms with Crippen LogP contribution in [-0.4, -0.2) is 75.4 Å². The second kappa shape index (κ2) is 13.6. The Morgan fingerprint density at radius 2 is 1.67 bits per heavy atom. The lowest BCUT2D eigenvalue weighted by molar-refractivity contribution is -0.146. The summed E-state index contributed by atoms with van der Waals surface area (Å²) in [5, 5.41) is 3.13. The monoisotopic (exact) mass is 610 g/mol. The summed E-state index contributed by atoms with van der Waals surface area (Å²) in [5.41, 5.74) is 3.53. The van der Waals surface area contributed by atoms with Crippen LogP contribution < -0.4 is 15.1 Å². The number of carbonyl (C=O) groups excluding carboxylic acids is 3. The fraction of sp³-hybridized carbons (Fsp3) is 0.323. The molecule has 220 valence electrons. The van der Waals surface area contributed by atoms with Crippen LogP contribution in [0.15, 0.2) is 66.7 Å². The van der Waals surface area contributed by atoms with Crippen LogP contribution >= 0.6 is 23.2 Å². The van der Waals surface area contributed by atoms with Gasteiger partial charge < -0.3 is 14.8 Å². The molecule has 1 atom stereocenters. The SMILES string of the molecule is CN1C(=O)N(c2ccc(C[C@H](NC(=O)c3c(Cl)cccc3Cl)C(=O)OCCN3CCOCC3)cc2)Cc2ccccc21. The summed E-state index contributed by atoms with van der Waals surface area (Å²) >= 11 is 12.5. The smallest absolute Gasteiger partial charge is 0.329 e. The Morgan fingerprint density at radius 3 is 2.38 bits per heavy atom. The Labute approximate surface area is 254 Å². The molecule has 2 heterocycles. The van der Waals surface area contributed by atoms with Crippen molar-refractivity contribution in [2.75, 3.05) is 56.3 Å². The zero-order valence-electron chi connectivity index (χ0n) is 23.2. The lowest BCUT2D eigenvalue weighted by atomic mass is 10.0. The van der Waals surface area contributed by atoms with Crippen molar-refractivity contribution in [3.8, 4) is 0 Å². The van der Waals surface area contributed by atoms with E-state index in [0.29, 0.717) is 26.3 Å². The first-order valence-electron chi connectivity index (χ1n) is 13.8. The summed E-state index contributed by atoms with van der Waals surface area (Å²) < 4.78 is 11.0. The van der Waals surface area contributed by atoms with Gasteiger partial charge in [0, 0.05) is 38.8 Å². The van der Waals surface area contributed by atoms with Crippen LogP contribution in [0, 0.1) is 0 Å². The summed E-state index contributed by atoms with van der Waals surface area (Å²) in [6.07, 6.45) is 0.168. The van der Waals surface area contributed by atoms with Gasteiger partial charge in [0.25, 0.3) is 5.91 Å². The highest BCUT2D eigenvalue weighted by atomic mass is 35.5. The van der Waals surface area contributed by atoms with Crippen molar-refractivity contribution in [2.24, 2.45) is 0 Å². The molecule has 0 spiro atoms. The van der Waals surface area contributed by atoms with Gasteiger partial charge in [-0.1, -0.05) is 59.6 Å². The highest BCUT2D eigenvalue weighted by Gasteiger charge is 2.29. The molecule has 0 unspecified atom stereocenters. The van der Waals surface area contributed by atoms with Crippen molar-refractivity contribution in [2.45, 2.75) is 19.0 Å². The fourth-order valence-electron chi connectivity index (χ4n) is 5.08. The van der Waals surface area contributed by atoms with Crippen molar-refractivity contribution < 1.29 is 23.9 Å². The van der Waals surface area contributed by atoms with Gasteiger partial charge in [0.05, 0.1) is 41.1 Å². The van der Waals surface area contributed by atoms with E-state index in [1.54, 1.807) is 35.0 Å². The molecule has 2 aliphatic rings. The van der Waals surface area contributed by atoms with Gasteiger partial charge in [-0.3, -0.25) is 19.5 Å². The van der Waals surface area contributed by atoms with E-state index in [2.05, 4.69) is 10.2 Å². The van der Waals surface area contributed by atoms with Gasteiger partial charge in [0.1, 0.15) is 12.6 Å². The second-order valence-corrected chi connectivity index (χ2v) is 11.0. The number of nitrogens with one attached hydrogen (secondary N) is 1. The standard InChI is InChI=1S/C31H32Cl2N4O5/c1-35-27-8-3-2-5-22(27)20-37(31(35)40)23-11-9-21(10-12-23)19-26(30(39)42-18-15-36-13-16-41-17-14-36)34-29(38)28-24(32)6-4-7-25(28)33/h2-12,26H,13-20H2,1H3,(H,34,38)/t26-/m0/s1. The van der Waals surface area contributed by atoms with Crippen LogP contribution in [0.1, 0.15) is 21.5 Å². The summed E-state index contributed by atoms with van der Waals surface area (Å²) in [6.45, 7) is 4.04. The molecule has 5 rings (SSSR count).